The van der Waals surface area contributed by atoms with Crippen LogP contribution in [0.5, 0.6) is 5.75 Å². The summed E-state index contributed by atoms with van der Waals surface area (Å²) in [5.41, 5.74) is 8.50. The molecule has 5 heteroatoms. The number of nitrogens with two attached hydrogens (primary N) is 1. The predicted octanol–water partition coefficient (Wildman–Crippen LogP) is 3.52. The molecule has 0 saturated heterocycles. The Hall–Kier alpha value is -1.78. The van der Waals surface area contributed by atoms with Crippen LogP contribution in [0.4, 0.5) is 5.69 Å². The lowest BCUT2D eigenvalue weighted by Crippen LogP contribution is -2.17. The summed E-state index contributed by atoms with van der Waals surface area (Å²) in [7, 11) is 0. The minimum absolute atomic E-state index is 0.0838. The van der Waals surface area contributed by atoms with Crippen LogP contribution in [0.15, 0.2) is 42.5 Å². The van der Waals surface area contributed by atoms with Gasteiger partial charge in [-0.25, -0.2) is 0 Å². The van der Waals surface area contributed by atoms with Crippen LogP contribution in [-0.4, -0.2) is 11.6 Å². The average molecular weight is 305 g/mol. The molecule has 0 aromatic heterocycles. The number of halogens is 1. The van der Waals surface area contributed by atoms with Gasteiger partial charge >= 0.3 is 0 Å². The van der Waals surface area contributed by atoms with Crippen LogP contribution in [-0.2, 0) is 0 Å². The van der Waals surface area contributed by atoms with Crippen LogP contribution in [0.25, 0.3) is 0 Å². The van der Waals surface area contributed by atoms with Crippen LogP contribution >= 0.6 is 23.8 Å². The number of hydrogen-bond donors (Lipinski definition) is 2. The van der Waals surface area contributed by atoms with Gasteiger partial charge in [0.25, 0.3) is 0 Å². The molecule has 0 saturated carbocycles. The third kappa shape index (κ3) is 2.44. The number of anilines is 1. The number of para-hydroxylation sites is 1. The van der Waals surface area contributed by atoms with E-state index in [0.717, 1.165) is 22.6 Å². The maximum atomic E-state index is 5.99. The SMILES string of the molecule is NC(=S)c1cc(Cl)ccc1NC1COc2ccccc21. The van der Waals surface area contributed by atoms with E-state index in [2.05, 4.69) is 11.4 Å². The number of ether oxygens (including phenoxy) is 1. The van der Waals surface area contributed by atoms with E-state index in [1.807, 2.05) is 30.3 Å². The predicted molar refractivity (Wildman–Crippen MR) is 85.6 cm³/mol. The number of rotatable bonds is 3. The van der Waals surface area contributed by atoms with Crippen LogP contribution in [0.3, 0.4) is 0 Å². The monoisotopic (exact) mass is 304 g/mol. The van der Waals surface area contributed by atoms with Crippen LogP contribution < -0.4 is 15.8 Å². The van der Waals surface area contributed by atoms with E-state index < -0.39 is 0 Å². The lowest BCUT2D eigenvalue weighted by Gasteiger charge is -2.16. The van der Waals surface area contributed by atoms with Gasteiger partial charge in [-0.15, -0.1) is 0 Å². The summed E-state index contributed by atoms with van der Waals surface area (Å²) in [6.45, 7) is 0.582. The molecule has 20 heavy (non-hydrogen) atoms. The number of nitrogens with one attached hydrogen (secondary N) is 1. The molecule has 102 valence electrons. The molecule has 0 amide bonds. The van der Waals surface area contributed by atoms with Crippen molar-refractivity contribution in [3.05, 3.63) is 58.6 Å². The maximum absolute atomic E-state index is 5.99. The summed E-state index contributed by atoms with van der Waals surface area (Å²) < 4.78 is 5.65. The van der Waals surface area contributed by atoms with Crippen molar-refractivity contribution in [3.63, 3.8) is 0 Å². The lowest BCUT2D eigenvalue weighted by atomic mass is 10.1. The van der Waals surface area contributed by atoms with Gasteiger partial charge in [0.15, 0.2) is 0 Å². The van der Waals surface area contributed by atoms with Crippen LogP contribution in [0.2, 0.25) is 5.02 Å². The minimum atomic E-state index is 0.0838. The van der Waals surface area contributed by atoms with Crippen molar-refractivity contribution in [2.24, 2.45) is 5.73 Å². The quantitative estimate of drug-likeness (QED) is 0.852. The second-order valence-electron chi connectivity index (χ2n) is 4.60. The molecular weight excluding hydrogens is 292 g/mol. The van der Waals surface area contributed by atoms with E-state index >= 15 is 0 Å². The van der Waals surface area contributed by atoms with Crippen molar-refractivity contribution in [3.8, 4) is 5.75 Å². The highest BCUT2D eigenvalue weighted by Crippen LogP contribution is 2.35. The average Bonchev–Trinajstić information content (AvgIpc) is 2.84. The van der Waals surface area contributed by atoms with Gasteiger partial charge in [0.1, 0.15) is 17.3 Å². The zero-order chi connectivity index (χ0) is 14.1. The van der Waals surface area contributed by atoms with Crippen molar-refractivity contribution >= 4 is 34.5 Å². The molecule has 1 unspecified atom stereocenters. The minimum Gasteiger partial charge on any atom is -0.491 e. The first-order chi connectivity index (χ1) is 9.65. The third-order valence-electron chi connectivity index (χ3n) is 3.28. The molecule has 2 aromatic carbocycles. The summed E-state index contributed by atoms with van der Waals surface area (Å²) in [5.74, 6) is 0.913. The molecule has 3 rings (SSSR count). The summed E-state index contributed by atoms with van der Waals surface area (Å²) >= 11 is 11.1. The molecule has 3 nitrogen and oxygen atoms in total. The van der Waals surface area contributed by atoms with Crippen molar-refractivity contribution in [2.45, 2.75) is 6.04 Å². The second-order valence-corrected chi connectivity index (χ2v) is 5.48. The zero-order valence-corrected chi connectivity index (χ0v) is 12.2. The molecule has 0 spiro atoms. The standard InChI is InChI=1S/C15H13ClN2OS/c16-9-5-6-12(11(7-9)15(17)20)18-13-8-19-14-4-2-1-3-10(13)14/h1-7,13,18H,8H2,(H2,17,20). The molecular formula is C15H13ClN2OS. The van der Waals surface area contributed by atoms with Gasteiger partial charge in [-0.3, -0.25) is 0 Å². The molecule has 0 bridgehead atoms. The zero-order valence-electron chi connectivity index (χ0n) is 10.6. The molecule has 0 fully saturated rings. The van der Waals surface area contributed by atoms with E-state index in [-0.39, 0.29) is 6.04 Å². The molecule has 0 radical (unpaired) electrons. The van der Waals surface area contributed by atoms with Crippen LogP contribution in [0, 0.1) is 0 Å². The Morgan fingerprint density at radius 2 is 2.10 bits per heavy atom. The highest BCUT2D eigenvalue weighted by molar-refractivity contribution is 7.80. The van der Waals surface area contributed by atoms with Gasteiger partial charge < -0.3 is 15.8 Å². The smallest absolute Gasteiger partial charge is 0.124 e. The highest BCUT2D eigenvalue weighted by atomic mass is 35.5. The van der Waals surface area contributed by atoms with Gasteiger partial charge in [0, 0.05) is 21.8 Å². The number of hydrogen-bond acceptors (Lipinski definition) is 3. The first-order valence-corrected chi connectivity index (χ1v) is 7.01. The Morgan fingerprint density at radius 3 is 2.90 bits per heavy atom. The Kier molecular flexibility index (Phi) is 3.51. The Balaban J connectivity index is 1.92. The molecule has 3 N–H and O–H groups in total. The highest BCUT2D eigenvalue weighted by Gasteiger charge is 2.24. The lowest BCUT2D eigenvalue weighted by molar-refractivity contribution is 0.340. The largest absolute Gasteiger partial charge is 0.491 e. The molecule has 2 aromatic rings. The molecule has 1 atom stereocenters. The summed E-state index contributed by atoms with van der Waals surface area (Å²) in [6, 6.07) is 13.5. The van der Waals surface area contributed by atoms with Gasteiger partial charge in [0.05, 0.1) is 6.04 Å². The van der Waals surface area contributed by atoms with Crippen LogP contribution in [0.1, 0.15) is 17.2 Å². The van der Waals surface area contributed by atoms with Gasteiger partial charge in [-0.2, -0.15) is 0 Å². The summed E-state index contributed by atoms with van der Waals surface area (Å²) in [4.78, 5) is 0.321. The van der Waals surface area contributed by atoms with E-state index in [4.69, 9.17) is 34.3 Å². The van der Waals surface area contributed by atoms with Gasteiger partial charge in [0.2, 0.25) is 0 Å². The molecule has 1 heterocycles. The van der Waals surface area contributed by atoms with Gasteiger partial charge in [-0.1, -0.05) is 42.0 Å². The Labute approximate surface area is 127 Å². The number of thiocarbonyl (C=S) groups is 1. The molecule has 1 aliphatic rings. The first kappa shape index (κ1) is 13.2. The van der Waals surface area contributed by atoms with E-state index in [0.29, 0.717) is 16.6 Å². The third-order valence-corrected chi connectivity index (χ3v) is 3.73. The topological polar surface area (TPSA) is 47.3 Å². The van der Waals surface area contributed by atoms with E-state index in [9.17, 15) is 0 Å². The molecule has 0 aliphatic carbocycles. The second kappa shape index (κ2) is 5.31. The number of fused-ring (bicyclic) bond motifs is 1. The maximum Gasteiger partial charge on any atom is 0.124 e. The van der Waals surface area contributed by atoms with E-state index in [1.165, 1.54) is 0 Å². The fourth-order valence-electron chi connectivity index (χ4n) is 2.32. The van der Waals surface area contributed by atoms with Crippen molar-refractivity contribution in [2.75, 3.05) is 11.9 Å². The summed E-state index contributed by atoms with van der Waals surface area (Å²) in [6.07, 6.45) is 0. The Bertz CT molecular complexity index is 675. The normalized spacial score (nSPS) is 16.4. The van der Waals surface area contributed by atoms with E-state index in [1.54, 1.807) is 6.07 Å². The fraction of sp³-hybridized carbons (Fsp3) is 0.133. The number of benzene rings is 2. The first-order valence-electron chi connectivity index (χ1n) is 6.23. The molecule has 1 aliphatic heterocycles. The Morgan fingerprint density at radius 1 is 1.30 bits per heavy atom. The van der Waals surface area contributed by atoms with Crippen molar-refractivity contribution in [1.29, 1.82) is 0 Å². The van der Waals surface area contributed by atoms with Gasteiger partial charge in [-0.05, 0) is 24.3 Å². The summed E-state index contributed by atoms with van der Waals surface area (Å²) in [5, 5.41) is 4.04. The van der Waals surface area contributed by atoms with Crippen molar-refractivity contribution in [1.82, 2.24) is 0 Å². The fourth-order valence-corrected chi connectivity index (χ4v) is 2.66. The van der Waals surface area contributed by atoms with Crippen molar-refractivity contribution < 1.29 is 4.74 Å².